The van der Waals surface area contributed by atoms with Crippen LogP contribution in [0.3, 0.4) is 0 Å². The lowest BCUT2D eigenvalue weighted by Crippen LogP contribution is -2.33. The van der Waals surface area contributed by atoms with Crippen LogP contribution in [0.4, 0.5) is 5.95 Å². The summed E-state index contributed by atoms with van der Waals surface area (Å²) in [5, 5.41) is 7.59. The molecule has 2 atom stereocenters. The highest BCUT2D eigenvalue weighted by atomic mass is 35.5. The van der Waals surface area contributed by atoms with Crippen LogP contribution in [0.15, 0.2) is 55.1 Å². The molecule has 14 heteroatoms. The smallest absolute Gasteiger partial charge is 0.243 e. The minimum atomic E-state index is -4.13. The molecule has 0 fully saturated rings. The molecule has 0 bridgehead atoms. The van der Waals surface area contributed by atoms with E-state index in [1.54, 1.807) is 42.7 Å². The van der Waals surface area contributed by atoms with E-state index in [1.165, 1.54) is 45.2 Å². The molecule has 1 aromatic carbocycles. The van der Waals surface area contributed by atoms with Crippen molar-refractivity contribution in [1.29, 1.82) is 0 Å². The van der Waals surface area contributed by atoms with Gasteiger partial charge in [-0.05, 0) is 31.2 Å². The predicted molar refractivity (Wildman–Crippen MR) is 136 cm³/mol. The standard InChI is InChI=1S/C23H24ClN7O5S/c1-14(20(36-4)21-26-12-16(24)13-27-21)37(32,33)30-23-29-28-22(15-7-6-10-25-11-15)31(23)19-17(34-2)8-5-9-18(19)35-3/h5-14,20H,1-4H3,(H,29,30)/t14?,20-/m0/s1. The highest BCUT2D eigenvalue weighted by Gasteiger charge is 2.35. The van der Waals surface area contributed by atoms with E-state index < -0.39 is 21.4 Å². The summed E-state index contributed by atoms with van der Waals surface area (Å²) in [7, 11) is 0.230. The summed E-state index contributed by atoms with van der Waals surface area (Å²) in [6.45, 7) is 1.47. The Morgan fingerprint density at radius 2 is 1.65 bits per heavy atom. The number of benzene rings is 1. The fourth-order valence-electron chi connectivity index (χ4n) is 3.66. The number of hydrogen-bond donors (Lipinski definition) is 1. The molecule has 3 heterocycles. The van der Waals surface area contributed by atoms with Crippen LogP contribution >= 0.6 is 11.6 Å². The Hall–Kier alpha value is -3.81. The molecular formula is C23H24ClN7O5S. The molecule has 0 amide bonds. The molecule has 194 valence electrons. The summed E-state index contributed by atoms with van der Waals surface area (Å²) < 4.78 is 47.7. The number of nitrogens with one attached hydrogen (secondary N) is 1. The largest absolute Gasteiger partial charge is 0.494 e. The van der Waals surface area contributed by atoms with Gasteiger partial charge in [-0.25, -0.2) is 18.4 Å². The topological polar surface area (TPSA) is 143 Å². The van der Waals surface area contributed by atoms with E-state index >= 15 is 0 Å². The lowest BCUT2D eigenvalue weighted by Gasteiger charge is -2.22. The highest BCUT2D eigenvalue weighted by Crippen LogP contribution is 2.38. The Morgan fingerprint density at radius 3 is 2.22 bits per heavy atom. The molecule has 0 aliphatic rings. The summed E-state index contributed by atoms with van der Waals surface area (Å²) in [6, 6.07) is 8.68. The zero-order valence-corrected chi connectivity index (χ0v) is 21.9. The van der Waals surface area contributed by atoms with Gasteiger partial charge in [0.2, 0.25) is 16.0 Å². The Bertz CT molecular complexity index is 1440. The van der Waals surface area contributed by atoms with Crippen molar-refractivity contribution >= 4 is 27.6 Å². The Labute approximate surface area is 218 Å². The maximum Gasteiger partial charge on any atom is 0.243 e. The van der Waals surface area contributed by atoms with Gasteiger partial charge in [-0.1, -0.05) is 17.7 Å². The fraction of sp³-hybridized carbons (Fsp3) is 0.261. The van der Waals surface area contributed by atoms with Gasteiger partial charge in [-0.2, -0.15) is 0 Å². The van der Waals surface area contributed by atoms with E-state index in [-0.39, 0.29) is 11.8 Å². The van der Waals surface area contributed by atoms with Crippen molar-refractivity contribution in [3.63, 3.8) is 0 Å². The average molecular weight is 546 g/mol. The number of hydrogen-bond acceptors (Lipinski definition) is 10. The molecule has 37 heavy (non-hydrogen) atoms. The van der Waals surface area contributed by atoms with Crippen LogP contribution in [-0.2, 0) is 14.8 Å². The number of rotatable bonds is 10. The highest BCUT2D eigenvalue weighted by molar-refractivity contribution is 7.93. The zero-order valence-electron chi connectivity index (χ0n) is 20.4. The Morgan fingerprint density at radius 1 is 0.973 bits per heavy atom. The number of sulfonamides is 1. The van der Waals surface area contributed by atoms with Crippen LogP contribution in [0.1, 0.15) is 18.9 Å². The molecule has 0 spiro atoms. The average Bonchev–Trinajstić information content (AvgIpc) is 3.32. The molecule has 1 N–H and O–H groups in total. The number of pyridine rings is 1. The third-order valence-corrected chi connectivity index (χ3v) is 7.39. The predicted octanol–water partition coefficient (Wildman–Crippen LogP) is 3.31. The number of ether oxygens (including phenoxy) is 3. The molecule has 0 saturated heterocycles. The van der Waals surface area contributed by atoms with Crippen LogP contribution in [-0.4, -0.2) is 64.7 Å². The maximum atomic E-state index is 13.6. The molecule has 4 rings (SSSR count). The van der Waals surface area contributed by atoms with E-state index in [2.05, 4.69) is 29.9 Å². The van der Waals surface area contributed by atoms with E-state index in [0.717, 1.165) is 0 Å². The van der Waals surface area contributed by atoms with Crippen molar-refractivity contribution in [2.75, 3.05) is 26.1 Å². The molecule has 0 saturated carbocycles. The summed E-state index contributed by atoms with van der Waals surface area (Å²) in [6.07, 6.45) is 4.94. The van der Waals surface area contributed by atoms with Crippen molar-refractivity contribution in [1.82, 2.24) is 29.7 Å². The first kappa shape index (κ1) is 26.3. The maximum absolute atomic E-state index is 13.6. The van der Waals surface area contributed by atoms with Crippen LogP contribution in [0.2, 0.25) is 5.02 Å². The molecule has 1 unspecified atom stereocenters. The van der Waals surface area contributed by atoms with Crippen LogP contribution in [0, 0.1) is 0 Å². The quantitative estimate of drug-likeness (QED) is 0.315. The van der Waals surface area contributed by atoms with Crippen molar-refractivity contribution in [2.45, 2.75) is 18.3 Å². The van der Waals surface area contributed by atoms with E-state index in [1.807, 2.05) is 0 Å². The minimum absolute atomic E-state index is 0.0969. The Kier molecular flexibility index (Phi) is 7.86. The molecule has 0 aliphatic heterocycles. The number of halogens is 1. The fourth-order valence-corrected chi connectivity index (χ4v) is 4.88. The minimum Gasteiger partial charge on any atom is -0.494 e. The summed E-state index contributed by atoms with van der Waals surface area (Å²) in [4.78, 5) is 12.4. The van der Waals surface area contributed by atoms with Crippen molar-refractivity contribution < 1.29 is 22.6 Å². The lowest BCUT2D eigenvalue weighted by molar-refractivity contribution is 0.0950. The number of aromatic nitrogens is 6. The van der Waals surface area contributed by atoms with Gasteiger partial charge in [0.1, 0.15) is 28.5 Å². The van der Waals surface area contributed by atoms with Gasteiger partial charge >= 0.3 is 0 Å². The summed E-state index contributed by atoms with van der Waals surface area (Å²) in [5.74, 6) is 1.18. The number of methoxy groups -OCH3 is 3. The first-order valence-electron chi connectivity index (χ1n) is 10.9. The normalized spacial score (nSPS) is 13.1. The second-order valence-electron chi connectivity index (χ2n) is 7.70. The van der Waals surface area contributed by atoms with Gasteiger partial charge < -0.3 is 14.2 Å². The molecule has 3 aromatic heterocycles. The molecule has 0 radical (unpaired) electrons. The van der Waals surface area contributed by atoms with Crippen LogP contribution in [0.25, 0.3) is 17.1 Å². The van der Waals surface area contributed by atoms with Gasteiger partial charge in [-0.3, -0.25) is 14.3 Å². The van der Waals surface area contributed by atoms with Gasteiger partial charge in [-0.15, -0.1) is 10.2 Å². The second kappa shape index (κ2) is 11.1. The molecule has 12 nitrogen and oxygen atoms in total. The Balaban J connectivity index is 1.83. The van der Waals surface area contributed by atoms with Crippen molar-refractivity contribution in [3.05, 3.63) is 66.0 Å². The summed E-state index contributed by atoms with van der Waals surface area (Å²) in [5.41, 5.74) is 0.983. The van der Waals surface area contributed by atoms with Crippen LogP contribution < -0.4 is 14.2 Å². The van der Waals surface area contributed by atoms with Gasteiger partial charge in [0.25, 0.3) is 0 Å². The second-order valence-corrected chi connectivity index (χ2v) is 10.2. The number of para-hydroxylation sites is 1. The number of anilines is 1. The van der Waals surface area contributed by atoms with Crippen molar-refractivity contribution in [2.24, 2.45) is 0 Å². The zero-order chi connectivity index (χ0) is 26.6. The first-order valence-corrected chi connectivity index (χ1v) is 12.8. The monoisotopic (exact) mass is 545 g/mol. The van der Waals surface area contributed by atoms with E-state index in [9.17, 15) is 8.42 Å². The SMILES string of the molecule is COc1cccc(OC)c1-n1c(NS(=O)(=O)C(C)[C@H](OC)c2ncc(Cl)cn2)nnc1-c1cccnc1. The van der Waals surface area contributed by atoms with E-state index in [4.69, 9.17) is 25.8 Å². The van der Waals surface area contributed by atoms with Crippen LogP contribution in [0.5, 0.6) is 11.5 Å². The third kappa shape index (κ3) is 5.33. The first-order chi connectivity index (χ1) is 17.8. The van der Waals surface area contributed by atoms with E-state index in [0.29, 0.717) is 33.6 Å². The summed E-state index contributed by atoms with van der Waals surface area (Å²) >= 11 is 5.87. The molecule has 4 aromatic rings. The third-order valence-electron chi connectivity index (χ3n) is 5.51. The lowest BCUT2D eigenvalue weighted by atomic mass is 10.2. The number of nitrogens with zero attached hydrogens (tertiary/aromatic N) is 6. The van der Waals surface area contributed by atoms with Gasteiger partial charge in [0.05, 0.1) is 19.2 Å². The molecule has 0 aliphatic carbocycles. The van der Waals surface area contributed by atoms with Crippen molar-refractivity contribution in [3.8, 4) is 28.6 Å². The van der Waals surface area contributed by atoms with Gasteiger partial charge in [0.15, 0.2) is 11.6 Å². The molecular weight excluding hydrogens is 522 g/mol. The van der Waals surface area contributed by atoms with Gasteiger partial charge in [0, 0.05) is 37.5 Å².